The van der Waals surface area contributed by atoms with Gasteiger partial charge in [-0.3, -0.25) is 14.4 Å². The average Bonchev–Trinajstić information content (AvgIpc) is 3.68. The van der Waals surface area contributed by atoms with Crippen molar-refractivity contribution in [2.75, 3.05) is 7.11 Å². The van der Waals surface area contributed by atoms with Crippen LogP contribution in [0.1, 0.15) is 58.5 Å². The first-order valence-corrected chi connectivity index (χ1v) is 12.1. The number of hydrogen-bond acceptors (Lipinski definition) is 5. The summed E-state index contributed by atoms with van der Waals surface area (Å²) in [5.74, 6) is -2.12. The molecule has 0 spiro atoms. The number of carbonyl (C=O) groups is 3. The van der Waals surface area contributed by atoms with Crippen LogP contribution in [0, 0.1) is 11.7 Å². The molecule has 0 amide bonds. The fourth-order valence-corrected chi connectivity index (χ4v) is 4.55. The van der Waals surface area contributed by atoms with Crippen LogP contribution in [-0.4, -0.2) is 34.3 Å². The second kappa shape index (κ2) is 10.7. The van der Waals surface area contributed by atoms with E-state index in [0.717, 1.165) is 18.9 Å². The van der Waals surface area contributed by atoms with Gasteiger partial charge in [0.15, 0.2) is 11.6 Å². The number of ketones is 2. The van der Waals surface area contributed by atoms with E-state index in [1.807, 2.05) is 0 Å². The topological polar surface area (TPSA) is 103 Å². The second-order valence-electron chi connectivity index (χ2n) is 9.18. The lowest BCUT2D eigenvalue weighted by Gasteiger charge is -2.21. The number of pyridine rings is 1. The first-order valence-electron chi connectivity index (χ1n) is 11.7. The van der Waals surface area contributed by atoms with Crippen LogP contribution in [0.3, 0.4) is 0 Å². The number of methoxy groups -OCH3 is 1. The molecule has 1 saturated carbocycles. The van der Waals surface area contributed by atoms with E-state index in [0.29, 0.717) is 17.9 Å². The van der Waals surface area contributed by atoms with Crippen LogP contribution >= 0.6 is 11.6 Å². The van der Waals surface area contributed by atoms with Crippen LogP contribution in [0.2, 0.25) is 5.02 Å². The number of carbonyl (C=O) groups excluding carboxylic acids is 2. The molecule has 9 heteroatoms. The van der Waals surface area contributed by atoms with E-state index in [1.54, 1.807) is 12.1 Å². The molecule has 0 bridgehead atoms. The second-order valence-corrected chi connectivity index (χ2v) is 9.59. The summed E-state index contributed by atoms with van der Waals surface area (Å²) < 4.78 is 21.9. The number of carboxylic acids is 1. The summed E-state index contributed by atoms with van der Waals surface area (Å²) in [6, 6.07) is 9.04. The molecule has 37 heavy (non-hydrogen) atoms. The average molecular weight is 526 g/mol. The molecule has 4 rings (SSSR count). The van der Waals surface area contributed by atoms with Crippen molar-refractivity contribution in [2.45, 2.75) is 38.6 Å². The van der Waals surface area contributed by atoms with E-state index in [9.17, 15) is 19.2 Å². The number of aromatic nitrogens is 1. The third kappa shape index (κ3) is 5.64. The number of benzene rings is 2. The number of halogens is 2. The lowest BCUT2D eigenvalue weighted by Crippen LogP contribution is -2.31. The summed E-state index contributed by atoms with van der Waals surface area (Å²) in [5, 5.41) is 8.89. The van der Waals surface area contributed by atoms with Crippen LogP contribution in [0.4, 0.5) is 4.39 Å². The number of carboxylic acid groups (broad SMARTS) is 1. The zero-order chi connectivity index (χ0) is 26.9. The predicted molar refractivity (Wildman–Crippen MR) is 136 cm³/mol. The van der Waals surface area contributed by atoms with Crippen molar-refractivity contribution in [3.63, 3.8) is 0 Å². The lowest BCUT2D eigenvalue weighted by atomic mass is 9.95. The summed E-state index contributed by atoms with van der Waals surface area (Å²) >= 11 is 5.98. The highest BCUT2D eigenvalue weighted by atomic mass is 35.5. The SMILES string of the molecule is COc1cn(C(CC2CC2)C(=O)Cc2ccc(C(=O)O)cc2)c(=O)cc1-c1c(C(C)=O)ccc(Cl)c1F. The van der Waals surface area contributed by atoms with E-state index >= 15 is 4.39 Å². The maximum Gasteiger partial charge on any atom is 0.335 e. The summed E-state index contributed by atoms with van der Waals surface area (Å²) in [6.45, 7) is 1.28. The van der Waals surface area contributed by atoms with Crippen molar-refractivity contribution in [2.24, 2.45) is 5.92 Å². The Kier molecular flexibility index (Phi) is 7.59. The minimum atomic E-state index is -1.06. The molecule has 1 fully saturated rings. The number of aromatic carboxylic acids is 1. The van der Waals surface area contributed by atoms with Crippen molar-refractivity contribution >= 4 is 29.1 Å². The number of rotatable bonds is 10. The predicted octanol–water partition coefficient (Wildman–Crippen LogP) is 5.37. The molecule has 192 valence electrons. The van der Waals surface area contributed by atoms with Gasteiger partial charge in [-0.15, -0.1) is 0 Å². The Morgan fingerprint density at radius 1 is 1.16 bits per heavy atom. The molecule has 0 radical (unpaired) electrons. The van der Waals surface area contributed by atoms with Gasteiger partial charge in [-0.2, -0.15) is 0 Å². The molecule has 1 aromatic heterocycles. The molecule has 3 aromatic rings. The maximum absolute atomic E-state index is 15.1. The molecule has 7 nitrogen and oxygen atoms in total. The van der Waals surface area contributed by atoms with E-state index in [2.05, 4.69) is 0 Å². The van der Waals surface area contributed by atoms with Crippen molar-refractivity contribution in [3.8, 4) is 16.9 Å². The van der Waals surface area contributed by atoms with Crippen molar-refractivity contribution in [1.29, 1.82) is 0 Å². The number of nitrogens with zero attached hydrogens (tertiary/aromatic N) is 1. The normalized spacial score (nSPS) is 13.7. The van der Waals surface area contributed by atoms with Crippen LogP contribution in [-0.2, 0) is 11.2 Å². The molecule has 1 aliphatic carbocycles. The molecule has 1 N–H and O–H groups in total. The zero-order valence-corrected chi connectivity index (χ0v) is 21.0. The molecule has 1 heterocycles. The first-order chi connectivity index (χ1) is 17.6. The van der Waals surface area contributed by atoms with Gasteiger partial charge in [-0.25, -0.2) is 9.18 Å². The molecule has 1 atom stereocenters. The summed E-state index contributed by atoms with van der Waals surface area (Å²) in [4.78, 5) is 50.0. The molecule has 1 unspecified atom stereocenters. The highest BCUT2D eigenvalue weighted by molar-refractivity contribution is 6.31. The van der Waals surface area contributed by atoms with Crippen molar-refractivity contribution in [1.82, 2.24) is 4.57 Å². The Balaban J connectivity index is 1.76. The smallest absolute Gasteiger partial charge is 0.335 e. The Bertz CT molecular complexity index is 1440. The van der Waals surface area contributed by atoms with Gasteiger partial charge in [0, 0.05) is 29.2 Å². The van der Waals surface area contributed by atoms with E-state index in [1.165, 1.54) is 49.1 Å². The Hall–Kier alpha value is -3.78. The quantitative estimate of drug-likeness (QED) is 0.357. The Morgan fingerprint density at radius 3 is 2.41 bits per heavy atom. The van der Waals surface area contributed by atoms with E-state index < -0.39 is 29.2 Å². The van der Waals surface area contributed by atoms with E-state index in [-0.39, 0.29) is 45.2 Å². The largest absolute Gasteiger partial charge is 0.495 e. The lowest BCUT2D eigenvalue weighted by molar-refractivity contribution is -0.122. The third-order valence-electron chi connectivity index (χ3n) is 6.55. The Labute approximate surface area is 217 Å². The number of ether oxygens (including phenoxy) is 1. The van der Waals surface area contributed by atoms with Crippen LogP contribution < -0.4 is 10.3 Å². The molecular formula is C28H25ClFNO6. The van der Waals surface area contributed by atoms with Crippen molar-refractivity contribution < 1.29 is 28.6 Å². The van der Waals surface area contributed by atoms with E-state index in [4.69, 9.17) is 21.4 Å². The highest BCUT2D eigenvalue weighted by Crippen LogP contribution is 2.39. The molecule has 0 aliphatic heterocycles. The monoisotopic (exact) mass is 525 g/mol. The standard InChI is InChI=1S/C28H25ClFNO6/c1-15(32)19-9-10-21(29)27(30)26(19)20-13-25(34)31(14-24(20)37-2)22(11-16-3-4-16)23(33)12-17-5-7-18(8-6-17)28(35)36/h5-10,13-14,16,22H,3-4,11-12H2,1-2H3,(H,35,36). The Morgan fingerprint density at radius 2 is 1.84 bits per heavy atom. The van der Waals surface area contributed by atoms with Crippen LogP contribution in [0.15, 0.2) is 53.5 Å². The summed E-state index contributed by atoms with van der Waals surface area (Å²) in [7, 11) is 1.35. The highest BCUT2D eigenvalue weighted by Gasteiger charge is 2.32. The van der Waals surface area contributed by atoms with Gasteiger partial charge >= 0.3 is 5.97 Å². The minimum absolute atomic E-state index is 0.00516. The number of hydrogen-bond donors (Lipinski definition) is 1. The van der Waals surface area contributed by atoms with Gasteiger partial charge in [0.05, 0.1) is 29.9 Å². The van der Waals surface area contributed by atoms with Gasteiger partial charge in [0.2, 0.25) is 0 Å². The summed E-state index contributed by atoms with van der Waals surface area (Å²) in [5.41, 5.74) is 0.165. The van der Waals surface area contributed by atoms with Crippen LogP contribution in [0.25, 0.3) is 11.1 Å². The number of Topliss-reactive ketones (excluding diaryl/α,β-unsaturated/α-hetero) is 2. The minimum Gasteiger partial charge on any atom is -0.495 e. The van der Waals surface area contributed by atoms with Gasteiger partial charge in [0.1, 0.15) is 11.6 Å². The van der Waals surface area contributed by atoms with Gasteiger partial charge in [-0.1, -0.05) is 36.6 Å². The molecule has 2 aromatic carbocycles. The molecule has 1 aliphatic rings. The third-order valence-corrected chi connectivity index (χ3v) is 6.84. The van der Waals surface area contributed by atoms with Gasteiger partial charge in [0.25, 0.3) is 5.56 Å². The van der Waals surface area contributed by atoms with Gasteiger partial charge in [-0.05, 0) is 49.1 Å². The van der Waals surface area contributed by atoms with Crippen molar-refractivity contribution in [3.05, 3.63) is 86.5 Å². The van der Waals surface area contributed by atoms with Gasteiger partial charge < -0.3 is 14.4 Å². The molecular weight excluding hydrogens is 501 g/mol. The zero-order valence-electron chi connectivity index (χ0n) is 20.3. The maximum atomic E-state index is 15.1. The first kappa shape index (κ1) is 26.3. The van der Waals surface area contributed by atoms with Crippen LogP contribution in [0.5, 0.6) is 5.75 Å². The summed E-state index contributed by atoms with van der Waals surface area (Å²) in [6.07, 6.45) is 3.75. The fraction of sp³-hybridized carbons (Fsp3) is 0.286. The molecule has 0 saturated heterocycles. The fourth-order valence-electron chi connectivity index (χ4n) is 4.39.